The molecule has 7 heteroatoms. The number of nitrogens with one attached hydrogen (secondary N) is 1. The van der Waals surface area contributed by atoms with Gasteiger partial charge in [0.15, 0.2) is 5.84 Å². The Hall–Kier alpha value is -1.63. The molecule has 0 saturated carbocycles. The molecule has 0 aromatic carbocycles. The van der Waals surface area contributed by atoms with Crippen LogP contribution in [0.3, 0.4) is 0 Å². The summed E-state index contributed by atoms with van der Waals surface area (Å²) in [5.41, 5.74) is 5.56. The van der Waals surface area contributed by atoms with Crippen molar-refractivity contribution in [1.82, 2.24) is 10.3 Å². The zero-order valence-electron chi connectivity index (χ0n) is 11.4. The van der Waals surface area contributed by atoms with E-state index in [1.165, 1.54) is 0 Å². The highest BCUT2D eigenvalue weighted by molar-refractivity contribution is 7.09. The fourth-order valence-electron chi connectivity index (χ4n) is 1.59. The summed E-state index contributed by atoms with van der Waals surface area (Å²) in [5, 5.41) is 17.5. The topological polar surface area (TPSA) is 101 Å². The first-order valence-corrected chi connectivity index (χ1v) is 6.99. The van der Waals surface area contributed by atoms with Crippen molar-refractivity contribution < 1.29 is 10.0 Å². The van der Waals surface area contributed by atoms with E-state index >= 15 is 0 Å². The number of hydrogen-bond acceptors (Lipinski definition) is 5. The third kappa shape index (κ3) is 3.66. The number of oxime groups is 1. The summed E-state index contributed by atoms with van der Waals surface area (Å²) in [6, 6.07) is 0. The van der Waals surface area contributed by atoms with Gasteiger partial charge in [0.2, 0.25) is 5.91 Å². The van der Waals surface area contributed by atoms with Crippen molar-refractivity contribution in [3.63, 3.8) is 0 Å². The van der Waals surface area contributed by atoms with Crippen LogP contribution < -0.4 is 11.1 Å². The second-order valence-corrected chi connectivity index (χ2v) is 5.60. The van der Waals surface area contributed by atoms with Gasteiger partial charge in [-0.25, -0.2) is 4.98 Å². The molecule has 1 unspecified atom stereocenters. The minimum absolute atomic E-state index is 0.0722. The van der Waals surface area contributed by atoms with Crippen molar-refractivity contribution in [3.8, 4) is 0 Å². The quantitative estimate of drug-likeness (QED) is 0.317. The van der Waals surface area contributed by atoms with Gasteiger partial charge in [-0.15, -0.1) is 11.3 Å². The van der Waals surface area contributed by atoms with E-state index in [4.69, 9.17) is 10.9 Å². The molecule has 19 heavy (non-hydrogen) atoms. The van der Waals surface area contributed by atoms with Crippen molar-refractivity contribution in [1.29, 1.82) is 0 Å². The molecule has 4 N–H and O–H groups in total. The van der Waals surface area contributed by atoms with Crippen LogP contribution in [0, 0.1) is 12.3 Å². The lowest BCUT2D eigenvalue weighted by Gasteiger charge is -2.25. The Morgan fingerprint density at radius 2 is 2.37 bits per heavy atom. The molecule has 0 bridgehead atoms. The van der Waals surface area contributed by atoms with E-state index in [1.54, 1.807) is 18.3 Å². The first-order valence-electron chi connectivity index (χ1n) is 6.11. The molecule has 0 radical (unpaired) electrons. The molecule has 1 amide bonds. The lowest BCUT2D eigenvalue weighted by molar-refractivity contribution is -0.127. The van der Waals surface area contributed by atoms with E-state index < -0.39 is 5.41 Å². The van der Waals surface area contributed by atoms with E-state index in [2.05, 4.69) is 15.5 Å². The Balaban J connectivity index is 2.54. The monoisotopic (exact) mass is 284 g/mol. The first-order chi connectivity index (χ1) is 8.93. The Morgan fingerprint density at radius 1 is 1.68 bits per heavy atom. The molecule has 1 heterocycles. The smallest absolute Gasteiger partial charge is 0.233 e. The molecule has 0 fully saturated rings. The van der Waals surface area contributed by atoms with Crippen LogP contribution in [-0.4, -0.2) is 28.5 Å². The second-order valence-electron chi connectivity index (χ2n) is 4.53. The standard InChI is InChI=1S/C12H20N4O2S/c1-4-12(3,10(13)16-18)11(17)14-6-5-9-7-19-8(2)15-9/h7,18H,4-6H2,1-3H3,(H2,13,16)(H,14,17). The van der Waals surface area contributed by atoms with E-state index in [0.717, 1.165) is 10.7 Å². The molecular formula is C12H20N4O2S. The Labute approximate surface area is 116 Å². The Bertz CT molecular complexity index is 472. The van der Waals surface area contributed by atoms with Gasteiger partial charge in [0, 0.05) is 18.3 Å². The lowest BCUT2D eigenvalue weighted by atomic mass is 9.85. The highest BCUT2D eigenvalue weighted by atomic mass is 32.1. The van der Waals surface area contributed by atoms with Gasteiger partial charge in [-0.05, 0) is 20.3 Å². The van der Waals surface area contributed by atoms with Crippen LogP contribution in [-0.2, 0) is 11.2 Å². The molecule has 106 valence electrons. The van der Waals surface area contributed by atoms with Crippen LogP contribution in [0.1, 0.15) is 31.0 Å². The van der Waals surface area contributed by atoms with Gasteiger partial charge in [-0.1, -0.05) is 12.1 Å². The molecule has 1 aromatic rings. The maximum absolute atomic E-state index is 12.1. The van der Waals surface area contributed by atoms with Crippen LogP contribution in [0.2, 0.25) is 0 Å². The molecule has 1 rings (SSSR count). The number of aryl methyl sites for hydroxylation is 1. The third-order valence-electron chi connectivity index (χ3n) is 3.21. The van der Waals surface area contributed by atoms with Crippen LogP contribution in [0.5, 0.6) is 0 Å². The Kier molecular flexibility index (Phi) is 5.29. The van der Waals surface area contributed by atoms with Crippen LogP contribution in [0.15, 0.2) is 10.5 Å². The minimum atomic E-state index is -0.979. The van der Waals surface area contributed by atoms with Gasteiger partial charge >= 0.3 is 0 Å². The van der Waals surface area contributed by atoms with Crippen LogP contribution >= 0.6 is 11.3 Å². The van der Waals surface area contributed by atoms with Crippen LogP contribution in [0.4, 0.5) is 0 Å². The average molecular weight is 284 g/mol. The number of aromatic nitrogens is 1. The van der Waals surface area contributed by atoms with Gasteiger partial charge in [0.1, 0.15) is 5.41 Å². The fourth-order valence-corrected chi connectivity index (χ4v) is 2.24. The van der Waals surface area contributed by atoms with E-state index in [9.17, 15) is 4.79 Å². The van der Waals surface area contributed by atoms with Gasteiger partial charge < -0.3 is 16.3 Å². The highest BCUT2D eigenvalue weighted by Gasteiger charge is 2.36. The number of carbonyl (C=O) groups excluding carboxylic acids is 1. The van der Waals surface area contributed by atoms with Crippen molar-refractivity contribution >= 4 is 23.1 Å². The molecule has 0 aliphatic rings. The largest absolute Gasteiger partial charge is 0.409 e. The molecule has 0 spiro atoms. The van der Waals surface area contributed by atoms with Gasteiger partial charge in [0.25, 0.3) is 0 Å². The van der Waals surface area contributed by atoms with E-state index in [1.807, 2.05) is 19.2 Å². The number of carbonyl (C=O) groups is 1. The summed E-state index contributed by atoms with van der Waals surface area (Å²) in [7, 11) is 0. The van der Waals surface area contributed by atoms with E-state index in [0.29, 0.717) is 19.4 Å². The molecule has 6 nitrogen and oxygen atoms in total. The predicted molar refractivity (Wildman–Crippen MR) is 75.4 cm³/mol. The minimum Gasteiger partial charge on any atom is -0.409 e. The average Bonchev–Trinajstić information content (AvgIpc) is 2.82. The summed E-state index contributed by atoms with van der Waals surface area (Å²) in [6.07, 6.45) is 1.14. The predicted octanol–water partition coefficient (Wildman–Crippen LogP) is 1.27. The van der Waals surface area contributed by atoms with Gasteiger partial charge in [0.05, 0.1) is 10.7 Å². The molecule has 1 aromatic heterocycles. The lowest BCUT2D eigenvalue weighted by Crippen LogP contribution is -2.48. The molecule has 0 saturated heterocycles. The van der Waals surface area contributed by atoms with Crippen molar-refractivity contribution in [2.24, 2.45) is 16.3 Å². The summed E-state index contributed by atoms with van der Waals surface area (Å²) in [6.45, 7) is 5.90. The summed E-state index contributed by atoms with van der Waals surface area (Å²) in [5.74, 6) is -0.311. The van der Waals surface area contributed by atoms with Crippen LogP contribution in [0.25, 0.3) is 0 Å². The molecule has 1 atom stereocenters. The zero-order chi connectivity index (χ0) is 14.5. The summed E-state index contributed by atoms with van der Waals surface area (Å²) in [4.78, 5) is 16.4. The van der Waals surface area contributed by atoms with E-state index in [-0.39, 0.29) is 11.7 Å². The number of thiazole rings is 1. The summed E-state index contributed by atoms with van der Waals surface area (Å²) >= 11 is 1.59. The SMILES string of the molecule is CCC(C)(C(=O)NCCc1csc(C)n1)C(N)=NO. The maximum atomic E-state index is 12.1. The third-order valence-corrected chi connectivity index (χ3v) is 4.04. The first kappa shape index (κ1) is 15.4. The van der Waals surface area contributed by atoms with Crippen molar-refractivity contribution in [2.75, 3.05) is 6.54 Å². The van der Waals surface area contributed by atoms with Gasteiger partial charge in [-0.3, -0.25) is 4.79 Å². The number of amides is 1. The summed E-state index contributed by atoms with van der Waals surface area (Å²) < 4.78 is 0. The molecule has 0 aliphatic heterocycles. The Morgan fingerprint density at radius 3 is 2.84 bits per heavy atom. The maximum Gasteiger partial charge on any atom is 0.233 e. The second kappa shape index (κ2) is 6.51. The van der Waals surface area contributed by atoms with Crippen molar-refractivity contribution in [2.45, 2.75) is 33.6 Å². The number of nitrogens with zero attached hydrogens (tertiary/aromatic N) is 2. The van der Waals surface area contributed by atoms with Crippen molar-refractivity contribution in [3.05, 3.63) is 16.1 Å². The normalized spacial score (nSPS) is 15.0. The number of hydrogen-bond donors (Lipinski definition) is 3. The fraction of sp³-hybridized carbons (Fsp3) is 0.583. The number of amidine groups is 1. The number of rotatable bonds is 6. The number of nitrogens with two attached hydrogens (primary N) is 1. The molecule has 0 aliphatic carbocycles. The molecular weight excluding hydrogens is 264 g/mol. The van der Waals surface area contributed by atoms with Gasteiger partial charge in [-0.2, -0.15) is 0 Å². The highest BCUT2D eigenvalue weighted by Crippen LogP contribution is 2.21. The zero-order valence-corrected chi connectivity index (χ0v) is 12.3.